The number of halogens is 2. The predicted molar refractivity (Wildman–Crippen MR) is 128 cm³/mol. The highest BCUT2D eigenvalue weighted by molar-refractivity contribution is 8.01. The first-order valence-corrected chi connectivity index (χ1v) is 12.5. The molecule has 1 fully saturated rings. The van der Waals surface area contributed by atoms with E-state index in [2.05, 4.69) is 16.0 Å². The molecular weight excluding hydrogens is 457 g/mol. The molecule has 1 aromatic heterocycles. The normalized spacial score (nSPS) is 15.6. The van der Waals surface area contributed by atoms with Crippen molar-refractivity contribution in [1.29, 1.82) is 0 Å². The summed E-state index contributed by atoms with van der Waals surface area (Å²) in [4.78, 5) is 21.7. The van der Waals surface area contributed by atoms with Crippen molar-refractivity contribution in [3.63, 3.8) is 0 Å². The Balaban J connectivity index is 1.25. The zero-order valence-corrected chi connectivity index (χ0v) is 19.8. The van der Waals surface area contributed by atoms with Crippen LogP contribution in [0.4, 0.5) is 0 Å². The third kappa shape index (κ3) is 5.29. The summed E-state index contributed by atoms with van der Waals surface area (Å²) in [6.07, 6.45) is 1.96. The number of thiazole rings is 1. The number of para-hydroxylation sites is 1. The Morgan fingerprint density at radius 3 is 2.70 bits per heavy atom. The monoisotopic (exact) mass is 479 g/mol. The molecule has 8 heteroatoms. The lowest BCUT2D eigenvalue weighted by atomic mass is 10.0. The zero-order valence-electron chi connectivity index (χ0n) is 16.7. The summed E-state index contributed by atoms with van der Waals surface area (Å²) in [6, 6.07) is 14.2. The van der Waals surface area contributed by atoms with Gasteiger partial charge in [-0.2, -0.15) is 0 Å². The van der Waals surface area contributed by atoms with Gasteiger partial charge in [0.15, 0.2) is 4.34 Å². The molecule has 1 saturated heterocycles. The van der Waals surface area contributed by atoms with Crippen LogP contribution < -0.4 is 0 Å². The molecule has 4 nitrogen and oxygen atoms in total. The SMILES string of the molecule is CN(C(=O)CSc1nc2ccccc2s1)C1CCN(Cc2ccc(Cl)c(Cl)c2)CC1. The first-order valence-electron chi connectivity index (χ1n) is 9.90. The summed E-state index contributed by atoms with van der Waals surface area (Å²) in [5.41, 5.74) is 2.17. The highest BCUT2D eigenvalue weighted by atomic mass is 35.5. The molecule has 158 valence electrons. The van der Waals surface area contributed by atoms with E-state index in [-0.39, 0.29) is 5.91 Å². The fourth-order valence-corrected chi connectivity index (χ4v) is 6.02. The molecule has 3 aromatic rings. The number of hydrogen-bond acceptors (Lipinski definition) is 5. The van der Waals surface area contributed by atoms with E-state index >= 15 is 0 Å². The van der Waals surface area contributed by atoms with Crippen molar-refractivity contribution in [1.82, 2.24) is 14.8 Å². The van der Waals surface area contributed by atoms with Crippen molar-refractivity contribution >= 4 is 62.4 Å². The van der Waals surface area contributed by atoms with Gasteiger partial charge in [0.05, 0.1) is 26.0 Å². The van der Waals surface area contributed by atoms with Gasteiger partial charge in [-0.3, -0.25) is 9.69 Å². The summed E-state index contributed by atoms with van der Waals surface area (Å²) in [6.45, 7) is 2.79. The second-order valence-electron chi connectivity index (χ2n) is 7.50. The number of thioether (sulfide) groups is 1. The topological polar surface area (TPSA) is 36.4 Å². The zero-order chi connectivity index (χ0) is 21.1. The van der Waals surface area contributed by atoms with Crippen molar-refractivity contribution in [2.75, 3.05) is 25.9 Å². The van der Waals surface area contributed by atoms with E-state index in [1.54, 1.807) is 11.3 Å². The summed E-state index contributed by atoms with van der Waals surface area (Å²) < 4.78 is 2.12. The van der Waals surface area contributed by atoms with E-state index in [4.69, 9.17) is 23.2 Å². The molecule has 0 unspecified atom stereocenters. The molecule has 0 atom stereocenters. The smallest absolute Gasteiger partial charge is 0.233 e. The van der Waals surface area contributed by atoms with Crippen molar-refractivity contribution in [2.45, 2.75) is 29.8 Å². The van der Waals surface area contributed by atoms with Gasteiger partial charge < -0.3 is 4.90 Å². The van der Waals surface area contributed by atoms with E-state index < -0.39 is 0 Å². The molecule has 1 amide bonds. The summed E-state index contributed by atoms with van der Waals surface area (Å²) in [5, 5.41) is 1.18. The van der Waals surface area contributed by atoms with Crippen LogP contribution >= 0.6 is 46.3 Å². The fraction of sp³-hybridized carbons (Fsp3) is 0.364. The number of benzene rings is 2. The standard InChI is InChI=1S/C22H23Cl2N3OS2/c1-26(21(28)14-29-22-25-19-4-2-3-5-20(19)30-22)16-8-10-27(11-9-16)13-15-6-7-17(23)18(24)12-15/h2-7,12,16H,8-11,13-14H2,1H3. The molecule has 0 radical (unpaired) electrons. The lowest BCUT2D eigenvalue weighted by molar-refractivity contribution is -0.130. The van der Waals surface area contributed by atoms with Gasteiger partial charge in [0, 0.05) is 32.7 Å². The van der Waals surface area contributed by atoms with Gasteiger partial charge in [-0.05, 0) is 42.7 Å². The number of piperidine rings is 1. The Kier molecular flexibility index (Phi) is 7.21. The number of carbonyl (C=O) groups excluding carboxylic acids is 1. The maximum absolute atomic E-state index is 12.7. The number of aromatic nitrogens is 1. The maximum Gasteiger partial charge on any atom is 0.233 e. The van der Waals surface area contributed by atoms with Gasteiger partial charge in [-0.25, -0.2) is 4.98 Å². The van der Waals surface area contributed by atoms with Crippen molar-refractivity contribution in [3.05, 3.63) is 58.1 Å². The van der Waals surface area contributed by atoms with Crippen molar-refractivity contribution in [2.24, 2.45) is 0 Å². The van der Waals surface area contributed by atoms with Crippen molar-refractivity contribution < 1.29 is 4.79 Å². The van der Waals surface area contributed by atoms with Crippen LogP contribution in [0.3, 0.4) is 0 Å². The van der Waals surface area contributed by atoms with Crippen LogP contribution in [0.2, 0.25) is 10.0 Å². The molecule has 0 saturated carbocycles. The maximum atomic E-state index is 12.7. The Bertz CT molecular complexity index is 1000. The van der Waals surface area contributed by atoms with Crippen LogP contribution in [0.25, 0.3) is 10.2 Å². The van der Waals surface area contributed by atoms with Crippen LogP contribution in [0.1, 0.15) is 18.4 Å². The molecule has 4 rings (SSSR count). The van der Waals surface area contributed by atoms with E-state index in [1.807, 2.05) is 48.3 Å². The molecular formula is C22H23Cl2N3OS2. The molecule has 0 aliphatic carbocycles. The van der Waals surface area contributed by atoms with Gasteiger partial charge in [-0.1, -0.05) is 53.2 Å². The Hall–Kier alpha value is -1.31. The first-order chi connectivity index (χ1) is 14.5. The number of rotatable bonds is 6. The average molecular weight is 480 g/mol. The largest absolute Gasteiger partial charge is 0.342 e. The van der Waals surface area contributed by atoms with Crippen LogP contribution in [0.15, 0.2) is 46.8 Å². The Morgan fingerprint density at radius 2 is 1.97 bits per heavy atom. The number of amides is 1. The second kappa shape index (κ2) is 9.88. The lowest BCUT2D eigenvalue weighted by Crippen LogP contribution is -2.45. The third-order valence-electron chi connectivity index (χ3n) is 5.48. The predicted octanol–water partition coefficient (Wildman–Crippen LogP) is 5.82. The molecule has 30 heavy (non-hydrogen) atoms. The van der Waals surface area contributed by atoms with Gasteiger partial charge in [-0.15, -0.1) is 11.3 Å². The Morgan fingerprint density at radius 1 is 1.20 bits per heavy atom. The van der Waals surface area contributed by atoms with E-state index in [9.17, 15) is 4.79 Å². The highest BCUT2D eigenvalue weighted by Crippen LogP contribution is 2.30. The van der Waals surface area contributed by atoms with Crippen molar-refractivity contribution in [3.8, 4) is 0 Å². The molecule has 2 heterocycles. The molecule has 0 N–H and O–H groups in total. The van der Waals surface area contributed by atoms with Gasteiger partial charge >= 0.3 is 0 Å². The summed E-state index contributed by atoms with van der Waals surface area (Å²) in [7, 11) is 1.93. The molecule has 0 bridgehead atoms. The third-order valence-corrected chi connectivity index (χ3v) is 8.38. The van der Waals surface area contributed by atoms with Gasteiger partial charge in [0.1, 0.15) is 0 Å². The molecule has 1 aliphatic heterocycles. The minimum atomic E-state index is 0.169. The number of fused-ring (bicyclic) bond motifs is 1. The minimum absolute atomic E-state index is 0.169. The summed E-state index contributed by atoms with van der Waals surface area (Å²) >= 11 is 15.3. The quantitative estimate of drug-likeness (QED) is 0.417. The van der Waals surface area contributed by atoms with E-state index in [1.165, 1.54) is 17.3 Å². The number of hydrogen-bond donors (Lipinski definition) is 0. The molecule has 2 aromatic carbocycles. The van der Waals surface area contributed by atoms with Gasteiger partial charge in [0.2, 0.25) is 5.91 Å². The van der Waals surface area contributed by atoms with E-state index in [0.717, 1.165) is 47.0 Å². The first kappa shape index (κ1) is 21.9. The molecule has 0 spiro atoms. The summed E-state index contributed by atoms with van der Waals surface area (Å²) in [5.74, 6) is 0.599. The van der Waals surface area contributed by atoms with Crippen LogP contribution in [0.5, 0.6) is 0 Å². The highest BCUT2D eigenvalue weighted by Gasteiger charge is 2.25. The minimum Gasteiger partial charge on any atom is -0.342 e. The Labute approximate surface area is 195 Å². The van der Waals surface area contributed by atoms with Crippen LogP contribution in [0, 0.1) is 0 Å². The van der Waals surface area contributed by atoms with Gasteiger partial charge in [0.25, 0.3) is 0 Å². The molecule has 1 aliphatic rings. The van der Waals surface area contributed by atoms with Crippen LogP contribution in [-0.4, -0.2) is 52.6 Å². The number of carbonyl (C=O) groups is 1. The van der Waals surface area contributed by atoms with E-state index in [0.29, 0.717) is 21.8 Å². The number of nitrogens with zero attached hydrogens (tertiary/aromatic N) is 3. The average Bonchev–Trinajstić information content (AvgIpc) is 3.18. The lowest BCUT2D eigenvalue weighted by Gasteiger charge is -2.36. The fourth-order valence-electron chi connectivity index (χ4n) is 3.70. The van der Waals surface area contributed by atoms with Crippen LogP contribution in [-0.2, 0) is 11.3 Å². The number of likely N-dealkylation sites (tertiary alicyclic amines) is 1. The second-order valence-corrected chi connectivity index (χ2v) is 10.6.